The summed E-state index contributed by atoms with van der Waals surface area (Å²) in [6, 6.07) is 11.7. The summed E-state index contributed by atoms with van der Waals surface area (Å²) in [5, 5.41) is 11.6. The number of rotatable bonds is 3. The number of carbonyl (C=O) groups excluding carboxylic acids is 2. The molecule has 0 aliphatic carbocycles. The van der Waals surface area contributed by atoms with E-state index in [4.69, 9.17) is 16.4 Å². The Bertz CT molecular complexity index is 1030. The zero-order valence-electron chi connectivity index (χ0n) is 15.7. The van der Waals surface area contributed by atoms with Crippen LogP contribution in [-0.4, -0.2) is 52.5 Å². The van der Waals surface area contributed by atoms with Gasteiger partial charge in [0.2, 0.25) is 5.95 Å². The van der Waals surface area contributed by atoms with Gasteiger partial charge in [-0.3, -0.25) is 4.79 Å². The molecule has 8 nitrogen and oxygen atoms in total. The van der Waals surface area contributed by atoms with E-state index in [1.165, 1.54) is 6.42 Å². The Morgan fingerprint density at radius 1 is 1.21 bits per heavy atom. The van der Waals surface area contributed by atoms with Crippen LogP contribution in [0.3, 0.4) is 0 Å². The second-order valence-corrected chi connectivity index (χ2v) is 7.44. The van der Waals surface area contributed by atoms with E-state index in [-0.39, 0.29) is 5.91 Å². The van der Waals surface area contributed by atoms with E-state index in [0.29, 0.717) is 34.4 Å². The molecule has 150 valence electrons. The first-order chi connectivity index (χ1) is 14.2. The lowest BCUT2D eigenvalue weighted by Gasteiger charge is -2.45. The molecule has 1 amide bonds. The Hall–Kier alpha value is -2.97. The summed E-state index contributed by atoms with van der Waals surface area (Å²) < 4.78 is 1.66. The molecule has 0 radical (unpaired) electrons. The van der Waals surface area contributed by atoms with Crippen molar-refractivity contribution in [1.82, 2.24) is 19.9 Å². The van der Waals surface area contributed by atoms with E-state index in [0.717, 1.165) is 25.0 Å². The third-order valence-corrected chi connectivity index (χ3v) is 5.68. The van der Waals surface area contributed by atoms with Crippen LogP contribution in [0.2, 0.25) is 5.02 Å². The number of hydrogen-bond donors (Lipinski definition) is 2. The molecule has 1 aromatic carbocycles. The Morgan fingerprint density at radius 3 is 2.72 bits per heavy atom. The van der Waals surface area contributed by atoms with Crippen LogP contribution in [0.15, 0.2) is 42.6 Å². The molecule has 5 heterocycles. The van der Waals surface area contributed by atoms with E-state index in [1.54, 1.807) is 28.9 Å². The smallest absolute Gasteiger partial charge is 0.274 e. The fraction of sp³-hybridized carbons (Fsp3) is 0.300. The number of aromatic nitrogens is 3. The second-order valence-electron chi connectivity index (χ2n) is 7.04. The molecule has 3 aliphatic rings. The Labute approximate surface area is 172 Å². The Kier molecular flexibility index (Phi) is 5.46. The van der Waals surface area contributed by atoms with E-state index in [9.17, 15) is 4.79 Å². The molecule has 2 aromatic heterocycles. The first-order valence-electron chi connectivity index (χ1n) is 9.38. The molecule has 3 fully saturated rings. The quantitative estimate of drug-likeness (QED) is 0.686. The van der Waals surface area contributed by atoms with Crippen LogP contribution in [0.1, 0.15) is 23.3 Å². The Balaban J connectivity index is 0.000000994. The maximum absolute atomic E-state index is 12.8. The number of anilines is 2. The number of piperidine rings is 2. The summed E-state index contributed by atoms with van der Waals surface area (Å²) in [5.41, 5.74) is 1.81. The molecule has 2 unspecified atom stereocenters. The van der Waals surface area contributed by atoms with Crippen molar-refractivity contribution in [2.24, 2.45) is 0 Å². The number of amides is 1. The molecule has 3 aliphatic heterocycles. The van der Waals surface area contributed by atoms with Crippen LogP contribution in [0, 0.1) is 0 Å². The highest BCUT2D eigenvalue weighted by atomic mass is 35.5. The van der Waals surface area contributed by atoms with Crippen molar-refractivity contribution in [3.8, 4) is 0 Å². The van der Waals surface area contributed by atoms with Crippen molar-refractivity contribution in [3.05, 3.63) is 53.3 Å². The minimum absolute atomic E-state index is 0.255. The molecule has 2 bridgehead atoms. The van der Waals surface area contributed by atoms with Crippen molar-refractivity contribution >= 4 is 41.4 Å². The molecular weight excluding hydrogens is 392 g/mol. The summed E-state index contributed by atoms with van der Waals surface area (Å²) in [7, 11) is 0. The average molecular weight is 413 g/mol. The standard InChI is InChI=1S/C19H19ClN6O.CH2O/c20-15-3-1-2-4-16(15)23-18(27)17-8-7-14-10-22-19(24-26(14)17)25-11-12-5-6-13(25)9-21-12;1-2/h1-4,7-8,10,12-13,21H,5-6,9,11H2,(H,23,27);1H2. The SMILES string of the molecule is C=O.O=C(Nc1ccccc1Cl)c1ccc2cnc(N3CC4CCC3CN4)nn12. The number of fused-ring (bicyclic) bond motifs is 4. The molecule has 3 aromatic rings. The maximum Gasteiger partial charge on any atom is 0.274 e. The normalized spacial score (nSPS) is 20.2. The first kappa shape index (κ1) is 19.4. The van der Waals surface area contributed by atoms with Gasteiger partial charge in [0.15, 0.2) is 0 Å². The zero-order chi connectivity index (χ0) is 20.4. The molecule has 2 N–H and O–H groups in total. The van der Waals surface area contributed by atoms with Gasteiger partial charge in [-0.2, -0.15) is 0 Å². The topological polar surface area (TPSA) is 91.6 Å². The molecule has 6 rings (SSSR count). The number of para-hydroxylation sites is 1. The summed E-state index contributed by atoms with van der Waals surface area (Å²) in [4.78, 5) is 27.6. The number of benzene rings is 1. The van der Waals surface area contributed by atoms with Crippen LogP contribution in [0.25, 0.3) is 5.52 Å². The highest BCUT2D eigenvalue weighted by molar-refractivity contribution is 6.33. The highest BCUT2D eigenvalue weighted by Gasteiger charge is 2.35. The second kappa shape index (κ2) is 8.18. The van der Waals surface area contributed by atoms with Crippen LogP contribution in [-0.2, 0) is 4.79 Å². The van der Waals surface area contributed by atoms with Crippen LogP contribution < -0.4 is 15.5 Å². The summed E-state index contributed by atoms with van der Waals surface area (Å²) in [6.45, 7) is 3.86. The predicted molar refractivity (Wildman–Crippen MR) is 112 cm³/mol. The van der Waals surface area contributed by atoms with Crippen LogP contribution in [0.5, 0.6) is 0 Å². The van der Waals surface area contributed by atoms with Crippen LogP contribution in [0.4, 0.5) is 11.6 Å². The number of piperazine rings is 1. The molecule has 29 heavy (non-hydrogen) atoms. The lowest BCUT2D eigenvalue weighted by Crippen LogP contribution is -2.61. The van der Waals surface area contributed by atoms with Gasteiger partial charge in [-0.15, -0.1) is 5.10 Å². The van der Waals surface area contributed by atoms with E-state index >= 15 is 0 Å². The van der Waals surface area contributed by atoms with Gasteiger partial charge < -0.3 is 20.3 Å². The zero-order valence-corrected chi connectivity index (χ0v) is 16.5. The summed E-state index contributed by atoms with van der Waals surface area (Å²) >= 11 is 6.15. The van der Waals surface area contributed by atoms with E-state index in [1.807, 2.05) is 25.0 Å². The van der Waals surface area contributed by atoms with Gasteiger partial charge >= 0.3 is 0 Å². The van der Waals surface area contributed by atoms with E-state index in [2.05, 4.69) is 25.6 Å². The molecule has 3 saturated heterocycles. The van der Waals surface area contributed by atoms with Gasteiger partial charge in [0.25, 0.3) is 5.91 Å². The van der Waals surface area contributed by atoms with Gasteiger partial charge in [0.1, 0.15) is 12.5 Å². The maximum atomic E-state index is 12.8. The highest BCUT2D eigenvalue weighted by Crippen LogP contribution is 2.26. The van der Waals surface area contributed by atoms with Crippen molar-refractivity contribution in [2.45, 2.75) is 24.9 Å². The van der Waals surface area contributed by atoms with Gasteiger partial charge in [-0.25, -0.2) is 9.50 Å². The third kappa shape index (κ3) is 3.68. The van der Waals surface area contributed by atoms with Crippen molar-refractivity contribution in [1.29, 1.82) is 0 Å². The van der Waals surface area contributed by atoms with Gasteiger partial charge in [0, 0.05) is 25.2 Å². The molecule has 9 heteroatoms. The lowest BCUT2D eigenvalue weighted by molar-refractivity contribution is -0.0980. The summed E-state index contributed by atoms with van der Waals surface area (Å²) in [6.07, 6.45) is 4.10. The lowest BCUT2D eigenvalue weighted by atomic mass is 9.93. The minimum atomic E-state index is -0.255. The van der Waals surface area contributed by atoms with E-state index < -0.39 is 0 Å². The fourth-order valence-corrected chi connectivity index (χ4v) is 4.08. The van der Waals surface area contributed by atoms with Crippen molar-refractivity contribution < 1.29 is 9.59 Å². The Morgan fingerprint density at radius 2 is 2.03 bits per heavy atom. The number of nitrogens with zero attached hydrogens (tertiary/aromatic N) is 4. The van der Waals surface area contributed by atoms with Crippen molar-refractivity contribution in [3.63, 3.8) is 0 Å². The summed E-state index contributed by atoms with van der Waals surface area (Å²) in [5.74, 6) is 0.413. The number of nitrogens with one attached hydrogen (secondary N) is 2. The van der Waals surface area contributed by atoms with Crippen molar-refractivity contribution in [2.75, 3.05) is 23.3 Å². The number of hydrogen-bond acceptors (Lipinski definition) is 6. The third-order valence-electron chi connectivity index (χ3n) is 5.35. The molecule has 2 atom stereocenters. The molecular formula is C20H21ClN6O2. The number of halogens is 1. The van der Waals surface area contributed by atoms with Crippen LogP contribution >= 0.6 is 11.6 Å². The first-order valence-corrected chi connectivity index (χ1v) is 9.76. The number of carbonyl (C=O) groups is 2. The molecule has 0 spiro atoms. The molecule has 0 saturated carbocycles. The van der Waals surface area contributed by atoms with Gasteiger partial charge in [0.05, 0.1) is 22.4 Å². The fourth-order valence-electron chi connectivity index (χ4n) is 3.90. The van der Waals surface area contributed by atoms with Gasteiger partial charge in [-0.05, 0) is 37.1 Å². The predicted octanol–water partition coefficient (Wildman–Crippen LogP) is 2.39. The van der Waals surface area contributed by atoms with Gasteiger partial charge in [-0.1, -0.05) is 23.7 Å². The monoisotopic (exact) mass is 412 g/mol. The largest absolute Gasteiger partial charge is 0.334 e. The average Bonchev–Trinajstić information content (AvgIpc) is 3.21. The minimum Gasteiger partial charge on any atom is -0.334 e.